The van der Waals surface area contributed by atoms with Gasteiger partial charge in [-0.3, -0.25) is 4.79 Å². The number of ketones is 1. The maximum absolute atomic E-state index is 11.0. The third-order valence-electron chi connectivity index (χ3n) is 1.69. The second-order valence-corrected chi connectivity index (χ2v) is 4.44. The van der Waals surface area contributed by atoms with Gasteiger partial charge in [-0.15, -0.1) is 0 Å². The van der Waals surface area contributed by atoms with Crippen LogP contribution in [-0.2, 0) is 4.79 Å². The highest BCUT2D eigenvalue weighted by Gasteiger charge is 2.12. The summed E-state index contributed by atoms with van der Waals surface area (Å²) in [5.41, 5.74) is 1.28. The zero-order chi connectivity index (χ0) is 9.07. The molecule has 0 aromatic carbocycles. The van der Waals surface area contributed by atoms with E-state index in [1.54, 1.807) is 6.08 Å². The molecule has 0 aliphatic carbocycles. The summed E-state index contributed by atoms with van der Waals surface area (Å²) < 4.78 is 0.575. The molecule has 0 aliphatic heterocycles. The molecule has 0 atom stereocenters. The average Bonchev–Trinajstić information content (AvgIpc) is 1.85. The normalized spacial score (nSPS) is 13.4. The first kappa shape index (κ1) is 11.1. The molecule has 0 unspecified atom stereocenters. The molecule has 0 fully saturated rings. The third kappa shape index (κ3) is 4.56. The van der Waals surface area contributed by atoms with Gasteiger partial charge in [0.2, 0.25) is 0 Å². The van der Waals surface area contributed by atoms with Gasteiger partial charge in [0.05, 0.1) is 4.43 Å². The number of hydrogen-bond acceptors (Lipinski definition) is 1. The van der Waals surface area contributed by atoms with Crippen molar-refractivity contribution in [3.05, 3.63) is 11.6 Å². The van der Waals surface area contributed by atoms with E-state index >= 15 is 0 Å². The predicted molar refractivity (Wildman–Crippen MR) is 57.1 cm³/mol. The van der Waals surface area contributed by atoms with Gasteiger partial charge >= 0.3 is 0 Å². The minimum atomic E-state index is 0.126. The zero-order valence-electron chi connectivity index (χ0n) is 7.57. The Hall–Kier alpha value is 0.140. The third-order valence-corrected chi connectivity index (χ3v) is 2.44. The summed E-state index contributed by atoms with van der Waals surface area (Å²) in [5, 5.41) is 0. The second-order valence-electron chi connectivity index (χ2n) is 3.68. The molecule has 2 heteroatoms. The number of carbonyl (C=O) groups excluding carboxylic acids is 1. The van der Waals surface area contributed by atoms with Crippen LogP contribution in [0.2, 0.25) is 0 Å². The standard InChI is InChI=1S/C9H15IO/c1-7(9(2,3)4)5-8(11)6-10/h5H,6H2,1-4H3/b7-5+. The lowest BCUT2D eigenvalue weighted by Crippen LogP contribution is -2.08. The van der Waals surface area contributed by atoms with Crippen molar-refractivity contribution >= 4 is 28.4 Å². The minimum absolute atomic E-state index is 0.126. The van der Waals surface area contributed by atoms with Crippen molar-refractivity contribution in [3.8, 4) is 0 Å². The van der Waals surface area contributed by atoms with E-state index in [1.165, 1.54) is 0 Å². The van der Waals surface area contributed by atoms with Gasteiger partial charge in [0.15, 0.2) is 5.78 Å². The van der Waals surface area contributed by atoms with Crippen LogP contribution >= 0.6 is 22.6 Å². The highest BCUT2D eigenvalue weighted by atomic mass is 127. The maximum Gasteiger partial charge on any atom is 0.165 e. The molecule has 0 saturated carbocycles. The van der Waals surface area contributed by atoms with Crippen molar-refractivity contribution < 1.29 is 4.79 Å². The molecule has 0 rings (SSSR count). The molecule has 11 heavy (non-hydrogen) atoms. The fraction of sp³-hybridized carbons (Fsp3) is 0.667. The first-order valence-electron chi connectivity index (χ1n) is 3.65. The van der Waals surface area contributed by atoms with Crippen LogP contribution < -0.4 is 0 Å². The van der Waals surface area contributed by atoms with Crippen molar-refractivity contribution in [2.45, 2.75) is 27.7 Å². The molecule has 0 aromatic rings. The van der Waals surface area contributed by atoms with Gasteiger partial charge in [-0.05, 0) is 18.4 Å². The molecule has 0 aliphatic rings. The van der Waals surface area contributed by atoms with Gasteiger partial charge in [-0.2, -0.15) is 0 Å². The zero-order valence-corrected chi connectivity index (χ0v) is 9.73. The van der Waals surface area contributed by atoms with E-state index in [0.29, 0.717) is 4.43 Å². The molecule has 0 amide bonds. The van der Waals surface area contributed by atoms with Crippen LogP contribution in [-0.4, -0.2) is 10.2 Å². The van der Waals surface area contributed by atoms with Crippen molar-refractivity contribution in [1.82, 2.24) is 0 Å². The molecule has 0 heterocycles. The van der Waals surface area contributed by atoms with Crippen molar-refractivity contribution in [3.63, 3.8) is 0 Å². The number of hydrogen-bond donors (Lipinski definition) is 0. The quantitative estimate of drug-likeness (QED) is 0.426. The highest BCUT2D eigenvalue weighted by Crippen LogP contribution is 2.24. The lowest BCUT2D eigenvalue weighted by atomic mass is 9.87. The molecule has 0 radical (unpaired) electrons. The second kappa shape index (κ2) is 4.24. The smallest absolute Gasteiger partial charge is 0.165 e. The Morgan fingerprint density at radius 1 is 1.45 bits per heavy atom. The summed E-state index contributed by atoms with van der Waals surface area (Å²) in [5.74, 6) is 0.207. The van der Waals surface area contributed by atoms with Crippen LogP contribution in [0.15, 0.2) is 11.6 Å². The molecule has 0 N–H and O–H groups in total. The Kier molecular flexibility index (Phi) is 4.29. The Balaban J connectivity index is 4.35. The molecular formula is C9H15IO. The number of carbonyl (C=O) groups is 1. The van der Waals surface area contributed by atoms with E-state index in [4.69, 9.17) is 0 Å². The molecule has 1 nitrogen and oxygen atoms in total. The van der Waals surface area contributed by atoms with Crippen molar-refractivity contribution in [2.24, 2.45) is 5.41 Å². The van der Waals surface area contributed by atoms with E-state index in [1.807, 2.05) is 6.92 Å². The minimum Gasteiger partial charge on any atom is -0.294 e. The van der Waals surface area contributed by atoms with Crippen molar-refractivity contribution in [1.29, 1.82) is 0 Å². The summed E-state index contributed by atoms with van der Waals surface area (Å²) >= 11 is 2.08. The Morgan fingerprint density at radius 3 is 2.18 bits per heavy atom. The lowest BCUT2D eigenvalue weighted by molar-refractivity contribution is -0.112. The average molecular weight is 266 g/mol. The Morgan fingerprint density at radius 2 is 1.91 bits per heavy atom. The molecule has 64 valence electrons. The van der Waals surface area contributed by atoms with Gasteiger partial charge in [-0.1, -0.05) is 48.9 Å². The molecule has 0 aromatic heterocycles. The predicted octanol–water partition coefficient (Wildman–Crippen LogP) is 2.98. The lowest BCUT2D eigenvalue weighted by Gasteiger charge is -2.18. The van der Waals surface area contributed by atoms with Gasteiger partial charge in [0.25, 0.3) is 0 Å². The molecule has 0 spiro atoms. The van der Waals surface area contributed by atoms with Crippen LogP contribution in [0.5, 0.6) is 0 Å². The maximum atomic E-state index is 11.0. The molecular weight excluding hydrogens is 251 g/mol. The Bertz CT molecular complexity index is 174. The van der Waals surface area contributed by atoms with Gasteiger partial charge < -0.3 is 0 Å². The monoisotopic (exact) mass is 266 g/mol. The van der Waals surface area contributed by atoms with Gasteiger partial charge in [0, 0.05) is 0 Å². The van der Waals surface area contributed by atoms with Crippen LogP contribution in [0.4, 0.5) is 0 Å². The van der Waals surface area contributed by atoms with Crippen LogP contribution in [0.25, 0.3) is 0 Å². The van der Waals surface area contributed by atoms with Crippen LogP contribution in [0.3, 0.4) is 0 Å². The van der Waals surface area contributed by atoms with Crippen molar-refractivity contribution in [2.75, 3.05) is 4.43 Å². The van der Waals surface area contributed by atoms with E-state index in [0.717, 1.165) is 5.57 Å². The number of alkyl halides is 1. The number of halogens is 1. The number of allylic oxidation sites excluding steroid dienone is 2. The first-order valence-corrected chi connectivity index (χ1v) is 5.18. The SMILES string of the molecule is C/C(=C\C(=O)CI)C(C)(C)C. The van der Waals surface area contributed by atoms with Gasteiger partial charge in [0.1, 0.15) is 0 Å². The molecule has 0 saturated heterocycles. The summed E-state index contributed by atoms with van der Waals surface area (Å²) in [6.07, 6.45) is 1.74. The van der Waals surface area contributed by atoms with Gasteiger partial charge in [-0.25, -0.2) is 0 Å². The van der Waals surface area contributed by atoms with Crippen LogP contribution in [0, 0.1) is 5.41 Å². The molecule has 0 bridgehead atoms. The summed E-state index contributed by atoms with van der Waals surface area (Å²) in [6.45, 7) is 8.34. The first-order chi connectivity index (χ1) is 4.88. The number of rotatable bonds is 2. The van der Waals surface area contributed by atoms with E-state index in [-0.39, 0.29) is 11.2 Å². The topological polar surface area (TPSA) is 17.1 Å². The highest BCUT2D eigenvalue weighted by molar-refractivity contribution is 14.1. The van der Waals surface area contributed by atoms with E-state index < -0.39 is 0 Å². The summed E-state index contributed by atoms with van der Waals surface area (Å²) in [7, 11) is 0. The Labute approximate surface area is 82.4 Å². The van der Waals surface area contributed by atoms with E-state index in [9.17, 15) is 4.79 Å². The van der Waals surface area contributed by atoms with E-state index in [2.05, 4.69) is 43.4 Å². The summed E-state index contributed by atoms with van der Waals surface area (Å²) in [4.78, 5) is 11.0. The fourth-order valence-corrected chi connectivity index (χ4v) is 0.717. The summed E-state index contributed by atoms with van der Waals surface area (Å²) in [6, 6.07) is 0. The largest absolute Gasteiger partial charge is 0.294 e. The van der Waals surface area contributed by atoms with Crippen LogP contribution in [0.1, 0.15) is 27.7 Å². The fourth-order valence-electron chi connectivity index (χ4n) is 0.497.